The molecule has 0 aromatic carbocycles. The van der Waals surface area contributed by atoms with Gasteiger partial charge in [-0.15, -0.1) is 0 Å². The van der Waals surface area contributed by atoms with Crippen LogP contribution in [0.25, 0.3) is 0 Å². The second-order valence-electron chi connectivity index (χ2n) is 2.45. The first-order valence-corrected chi connectivity index (χ1v) is 4.71. The van der Waals surface area contributed by atoms with E-state index < -0.39 is 11.9 Å². The molecule has 1 heterocycles. The molecule has 0 radical (unpaired) electrons. The molecule has 74 valence electrons. The minimum Gasteiger partial charge on any atom is -0.477 e. The number of halogens is 1. The first kappa shape index (κ1) is 10.6. The van der Waals surface area contributed by atoms with Crippen LogP contribution < -0.4 is 0 Å². The maximum Gasteiger partial charge on any atom is 0.354 e. The summed E-state index contributed by atoms with van der Waals surface area (Å²) in [4.78, 5) is 24.7. The van der Waals surface area contributed by atoms with Crippen molar-refractivity contribution in [2.45, 2.75) is 5.33 Å². The Bertz CT molecular complexity index is 391. The van der Waals surface area contributed by atoms with Crippen LogP contribution in [0.15, 0.2) is 12.1 Å². The van der Waals surface area contributed by atoms with Gasteiger partial charge in [0.05, 0.1) is 0 Å². The van der Waals surface area contributed by atoms with Gasteiger partial charge in [-0.3, -0.25) is 0 Å². The monoisotopic (exact) mass is 259 g/mol. The number of aromatic carboxylic acids is 2. The average molecular weight is 260 g/mol. The number of hydrogen-bond acceptors (Lipinski definition) is 3. The summed E-state index contributed by atoms with van der Waals surface area (Å²) in [5.41, 5.74) is -0.0589. The van der Waals surface area contributed by atoms with Gasteiger partial charge in [0.25, 0.3) is 0 Å². The van der Waals surface area contributed by atoms with Gasteiger partial charge in [0.2, 0.25) is 0 Å². The van der Waals surface area contributed by atoms with Crippen molar-refractivity contribution >= 4 is 27.9 Å². The first-order chi connectivity index (χ1) is 6.56. The van der Waals surface area contributed by atoms with Crippen LogP contribution in [0.2, 0.25) is 0 Å². The number of alkyl halides is 1. The van der Waals surface area contributed by atoms with E-state index in [1.54, 1.807) is 0 Å². The van der Waals surface area contributed by atoms with E-state index in [9.17, 15) is 9.59 Å². The van der Waals surface area contributed by atoms with E-state index in [1.807, 2.05) is 0 Å². The van der Waals surface area contributed by atoms with E-state index in [4.69, 9.17) is 10.2 Å². The largest absolute Gasteiger partial charge is 0.477 e. The number of hydrogen-bond donors (Lipinski definition) is 2. The molecule has 0 fully saturated rings. The molecule has 0 unspecified atom stereocenters. The highest BCUT2D eigenvalue weighted by atomic mass is 79.9. The lowest BCUT2D eigenvalue weighted by Gasteiger charge is -2.02. The van der Waals surface area contributed by atoms with Gasteiger partial charge in [0, 0.05) is 5.33 Å². The van der Waals surface area contributed by atoms with E-state index in [0.717, 1.165) is 0 Å². The van der Waals surface area contributed by atoms with Gasteiger partial charge in [-0.05, 0) is 11.6 Å². The molecule has 5 nitrogen and oxygen atoms in total. The lowest BCUT2D eigenvalue weighted by Crippen LogP contribution is -2.09. The van der Waals surface area contributed by atoms with Crippen molar-refractivity contribution in [1.29, 1.82) is 0 Å². The second-order valence-corrected chi connectivity index (χ2v) is 3.01. The van der Waals surface area contributed by atoms with Crippen molar-refractivity contribution in [3.8, 4) is 0 Å². The summed E-state index contributed by atoms with van der Waals surface area (Å²) < 4.78 is 0. The third-order valence-corrected chi connectivity index (χ3v) is 2.15. The Morgan fingerprint density at radius 1 is 1.29 bits per heavy atom. The molecule has 0 aliphatic carbocycles. The zero-order valence-electron chi connectivity index (χ0n) is 6.90. The number of carboxylic acid groups (broad SMARTS) is 2. The van der Waals surface area contributed by atoms with Crippen LogP contribution in [-0.4, -0.2) is 27.1 Å². The molecule has 0 saturated heterocycles. The van der Waals surface area contributed by atoms with Crippen molar-refractivity contribution in [2.24, 2.45) is 0 Å². The summed E-state index contributed by atoms with van der Waals surface area (Å²) in [6, 6.07) is 2.69. The van der Waals surface area contributed by atoms with Gasteiger partial charge in [-0.2, -0.15) is 0 Å². The maximum atomic E-state index is 10.7. The topological polar surface area (TPSA) is 87.5 Å². The molecule has 1 aromatic heterocycles. The van der Waals surface area contributed by atoms with Crippen LogP contribution in [0, 0.1) is 0 Å². The average Bonchev–Trinajstić information content (AvgIpc) is 2.16. The number of aromatic nitrogens is 1. The fourth-order valence-corrected chi connectivity index (χ4v) is 1.35. The summed E-state index contributed by atoms with van der Waals surface area (Å²) in [6.45, 7) is 0. The van der Waals surface area contributed by atoms with Gasteiger partial charge < -0.3 is 10.2 Å². The van der Waals surface area contributed by atoms with Crippen LogP contribution in [0.3, 0.4) is 0 Å². The van der Waals surface area contributed by atoms with Crippen LogP contribution >= 0.6 is 15.9 Å². The van der Waals surface area contributed by atoms with Crippen molar-refractivity contribution in [2.75, 3.05) is 0 Å². The molecule has 0 spiro atoms. The lowest BCUT2D eigenvalue weighted by atomic mass is 10.2. The molecule has 0 aliphatic rings. The fraction of sp³-hybridized carbons (Fsp3) is 0.125. The van der Waals surface area contributed by atoms with Gasteiger partial charge in [-0.25, -0.2) is 14.6 Å². The second kappa shape index (κ2) is 4.19. The van der Waals surface area contributed by atoms with Gasteiger partial charge in [-0.1, -0.05) is 22.0 Å². The summed E-state index contributed by atoms with van der Waals surface area (Å²) in [7, 11) is 0. The van der Waals surface area contributed by atoms with E-state index in [0.29, 0.717) is 10.9 Å². The lowest BCUT2D eigenvalue weighted by molar-refractivity contribution is 0.0684. The smallest absolute Gasteiger partial charge is 0.354 e. The van der Waals surface area contributed by atoms with Crippen LogP contribution in [-0.2, 0) is 5.33 Å². The maximum absolute atomic E-state index is 10.7. The molecule has 2 N–H and O–H groups in total. The Labute approximate surface area is 87.5 Å². The van der Waals surface area contributed by atoms with Crippen LogP contribution in [0.4, 0.5) is 0 Å². The van der Waals surface area contributed by atoms with Crippen molar-refractivity contribution in [3.05, 3.63) is 29.1 Å². The summed E-state index contributed by atoms with van der Waals surface area (Å²) in [6.07, 6.45) is 0. The summed E-state index contributed by atoms with van der Waals surface area (Å²) in [5.74, 6) is -2.48. The van der Waals surface area contributed by atoms with Gasteiger partial charge in [0.15, 0.2) is 5.69 Å². The zero-order chi connectivity index (χ0) is 10.7. The summed E-state index contributed by atoms with van der Waals surface area (Å²) >= 11 is 3.09. The van der Waals surface area contributed by atoms with Crippen LogP contribution in [0.1, 0.15) is 26.5 Å². The molecular formula is C8H6BrNO4. The first-order valence-electron chi connectivity index (χ1n) is 3.58. The van der Waals surface area contributed by atoms with Gasteiger partial charge >= 0.3 is 11.9 Å². The Balaban J connectivity index is 3.27. The standard InChI is InChI=1S/C8H6BrNO4/c9-3-4-1-2-5(7(11)12)10-6(4)8(13)14/h1-2H,3H2,(H,11,12)(H,13,14). The number of nitrogens with zero attached hydrogens (tertiary/aromatic N) is 1. The molecule has 0 saturated carbocycles. The molecule has 0 aliphatic heterocycles. The normalized spacial score (nSPS) is 9.79. The third kappa shape index (κ3) is 2.08. The van der Waals surface area contributed by atoms with Crippen molar-refractivity contribution in [1.82, 2.24) is 4.98 Å². The molecule has 0 atom stereocenters. The van der Waals surface area contributed by atoms with Crippen LogP contribution in [0.5, 0.6) is 0 Å². The summed E-state index contributed by atoms with van der Waals surface area (Å²) in [5, 5.41) is 17.6. The number of carboxylic acids is 2. The van der Waals surface area contributed by atoms with Crippen molar-refractivity contribution < 1.29 is 19.8 Å². The molecule has 14 heavy (non-hydrogen) atoms. The molecular weight excluding hydrogens is 254 g/mol. The third-order valence-electron chi connectivity index (χ3n) is 1.54. The van der Waals surface area contributed by atoms with E-state index >= 15 is 0 Å². The molecule has 1 aromatic rings. The Morgan fingerprint density at radius 2 is 1.93 bits per heavy atom. The predicted octanol–water partition coefficient (Wildman–Crippen LogP) is 1.37. The molecule has 6 heteroatoms. The predicted molar refractivity (Wildman–Crippen MR) is 50.8 cm³/mol. The highest BCUT2D eigenvalue weighted by molar-refractivity contribution is 9.08. The molecule has 0 amide bonds. The highest BCUT2D eigenvalue weighted by Gasteiger charge is 2.14. The van der Waals surface area contributed by atoms with E-state index in [-0.39, 0.29) is 11.4 Å². The molecule has 1 rings (SSSR count). The fourth-order valence-electron chi connectivity index (χ4n) is 0.900. The van der Waals surface area contributed by atoms with Crippen molar-refractivity contribution in [3.63, 3.8) is 0 Å². The highest BCUT2D eigenvalue weighted by Crippen LogP contribution is 2.11. The zero-order valence-corrected chi connectivity index (χ0v) is 8.48. The SMILES string of the molecule is O=C(O)c1ccc(CBr)c(C(=O)O)n1. The Hall–Kier alpha value is -1.43. The quantitative estimate of drug-likeness (QED) is 0.801. The Kier molecular flexibility index (Phi) is 3.19. The van der Waals surface area contributed by atoms with E-state index in [1.165, 1.54) is 12.1 Å². The van der Waals surface area contributed by atoms with Gasteiger partial charge in [0.1, 0.15) is 5.69 Å². The van der Waals surface area contributed by atoms with E-state index in [2.05, 4.69) is 20.9 Å². The minimum atomic E-state index is -1.24. The minimum absolute atomic E-state index is 0.234. The Morgan fingerprint density at radius 3 is 2.36 bits per heavy atom. The number of carbonyl (C=O) groups is 2. The molecule has 0 bridgehead atoms. The number of pyridine rings is 1. The number of rotatable bonds is 3.